The fraction of sp³-hybridized carbons (Fsp3) is 0.833. The molecule has 0 unspecified atom stereocenters. The minimum atomic E-state index is 0.223. The molecule has 0 bridgehead atoms. The van der Waals surface area contributed by atoms with Gasteiger partial charge < -0.3 is 14.2 Å². The number of rotatable bonds is 7. The van der Waals surface area contributed by atoms with E-state index in [0.717, 1.165) is 0 Å². The summed E-state index contributed by atoms with van der Waals surface area (Å²) in [6, 6.07) is 0. The summed E-state index contributed by atoms with van der Waals surface area (Å²) in [4.78, 5) is 3.64. The summed E-state index contributed by atoms with van der Waals surface area (Å²) in [6.07, 6.45) is 0. The number of hydrogen-bond donors (Lipinski definition) is 0. The molecule has 0 radical (unpaired) electrons. The van der Waals surface area contributed by atoms with Crippen molar-refractivity contribution in [3.63, 3.8) is 0 Å². The Kier molecular flexibility index (Phi) is 9.40. The molecule has 64 valence electrons. The Hall–Kier alpha value is -0.320. The highest BCUT2D eigenvalue weighted by atomic mass is 32.1. The van der Waals surface area contributed by atoms with Crippen molar-refractivity contribution >= 4 is 17.4 Å². The van der Waals surface area contributed by atoms with E-state index in [-0.39, 0.29) is 13.6 Å². The molecule has 4 nitrogen and oxygen atoms in total. The van der Waals surface area contributed by atoms with Crippen LogP contribution in [-0.2, 0) is 14.2 Å². The van der Waals surface area contributed by atoms with Gasteiger partial charge in [-0.05, 0) is 12.2 Å². The molecule has 0 aliphatic rings. The molecular weight excluding hydrogens is 166 g/mol. The van der Waals surface area contributed by atoms with Crippen molar-refractivity contribution in [3.05, 3.63) is 0 Å². The quantitative estimate of drug-likeness (QED) is 0.248. The molecule has 0 N–H and O–H groups in total. The van der Waals surface area contributed by atoms with Gasteiger partial charge in [-0.3, -0.25) is 0 Å². The van der Waals surface area contributed by atoms with Gasteiger partial charge in [-0.1, -0.05) is 0 Å². The van der Waals surface area contributed by atoms with Gasteiger partial charge in [-0.2, -0.15) is 0 Å². The van der Waals surface area contributed by atoms with Crippen molar-refractivity contribution in [1.29, 1.82) is 0 Å². The second kappa shape index (κ2) is 9.68. The van der Waals surface area contributed by atoms with Crippen molar-refractivity contribution in [2.24, 2.45) is 4.99 Å². The molecule has 0 fully saturated rings. The summed E-state index contributed by atoms with van der Waals surface area (Å²) < 4.78 is 14.4. The van der Waals surface area contributed by atoms with E-state index in [1.54, 1.807) is 7.11 Å². The summed E-state index contributed by atoms with van der Waals surface area (Å²) in [7, 11) is 1.55. The van der Waals surface area contributed by atoms with Gasteiger partial charge >= 0.3 is 0 Å². The van der Waals surface area contributed by atoms with Crippen LogP contribution in [0.2, 0.25) is 0 Å². The molecule has 0 saturated heterocycles. The predicted molar refractivity (Wildman–Crippen MR) is 43.7 cm³/mol. The lowest BCUT2D eigenvalue weighted by Gasteiger charge is -2.01. The molecular formula is C6H11NO3S. The summed E-state index contributed by atoms with van der Waals surface area (Å²) in [6.45, 7) is 1.49. The van der Waals surface area contributed by atoms with Crippen molar-refractivity contribution in [1.82, 2.24) is 0 Å². The highest BCUT2D eigenvalue weighted by molar-refractivity contribution is 7.78. The Morgan fingerprint density at radius 2 is 2.18 bits per heavy atom. The van der Waals surface area contributed by atoms with Crippen molar-refractivity contribution < 1.29 is 14.2 Å². The van der Waals surface area contributed by atoms with E-state index in [0.29, 0.717) is 13.2 Å². The van der Waals surface area contributed by atoms with Crippen LogP contribution in [0.15, 0.2) is 4.99 Å². The lowest BCUT2D eigenvalue weighted by molar-refractivity contribution is -0.118. The Labute approximate surface area is 71.2 Å². The molecule has 0 saturated carbocycles. The van der Waals surface area contributed by atoms with Gasteiger partial charge in [0.1, 0.15) is 13.6 Å². The van der Waals surface area contributed by atoms with Crippen molar-refractivity contribution in [3.8, 4) is 0 Å². The zero-order valence-electron chi connectivity index (χ0n) is 6.41. The van der Waals surface area contributed by atoms with Crippen LogP contribution in [-0.4, -0.2) is 39.0 Å². The average Bonchev–Trinajstić information content (AvgIpc) is 2.03. The minimum absolute atomic E-state index is 0.223. The fourth-order valence-corrected chi connectivity index (χ4v) is 0.482. The molecule has 0 aromatic rings. The van der Waals surface area contributed by atoms with Gasteiger partial charge in [-0.25, -0.2) is 4.99 Å². The first kappa shape index (κ1) is 10.7. The summed E-state index contributed by atoms with van der Waals surface area (Å²) in [5.74, 6) is 0. The smallest absolute Gasteiger partial charge is 0.149 e. The van der Waals surface area contributed by atoms with Gasteiger partial charge in [0.05, 0.1) is 18.3 Å². The van der Waals surface area contributed by atoms with Gasteiger partial charge in [0.25, 0.3) is 0 Å². The first-order valence-electron chi connectivity index (χ1n) is 3.10. The van der Waals surface area contributed by atoms with Gasteiger partial charge in [0, 0.05) is 7.11 Å². The molecule has 0 aromatic heterocycles. The first-order chi connectivity index (χ1) is 5.41. The van der Waals surface area contributed by atoms with E-state index in [2.05, 4.69) is 27.1 Å². The maximum absolute atomic E-state index is 4.96. The highest BCUT2D eigenvalue weighted by Crippen LogP contribution is 1.79. The van der Waals surface area contributed by atoms with E-state index in [4.69, 9.17) is 9.47 Å². The molecule has 0 heterocycles. The largest absolute Gasteiger partial charge is 0.359 e. The lowest BCUT2D eigenvalue weighted by atomic mass is 10.7. The van der Waals surface area contributed by atoms with Crippen LogP contribution in [0.4, 0.5) is 0 Å². The minimum Gasteiger partial charge on any atom is -0.359 e. The second-order valence-electron chi connectivity index (χ2n) is 1.61. The monoisotopic (exact) mass is 177 g/mol. The third-order valence-corrected chi connectivity index (χ3v) is 0.909. The molecule has 0 spiro atoms. The number of methoxy groups -OCH3 is 1. The first-order valence-corrected chi connectivity index (χ1v) is 3.50. The van der Waals surface area contributed by atoms with Crippen molar-refractivity contribution in [2.75, 3.05) is 33.8 Å². The van der Waals surface area contributed by atoms with Gasteiger partial charge in [0.2, 0.25) is 0 Å². The van der Waals surface area contributed by atoms with Gasteiger partial charge in [0.15, 0.2) is 0 Å². The standard InChI is InChI=1S/C6H11NO3S/c1-8-5-10-6-9-3-2-7-4-11/h2-3,5-6H2,1H3. The van der Waals surface area contributed by atoms with Crippen LogP contribution in [0.1, 0.15) is 0 Å². The number of nitrogens with zero attached hydrogens (tertiary/aromatic N) is 1. The molecule has 5 heteroatoms. The SMILES string of the molecule is COCOCOCCN=C=S. The van der Waals surface area contributed by atoms with E-state index < -0.39 is 0 Å². The number of aliphatic imine (C=N–C) groups is 1. The summed E-state index contributed by atoms with van der Waals surface area (Å²) in [5, 5.41) is 2.23. The third-order valence-electron chi connectivity index (χ3n) is 0.780. The molecule has 0 aliphatic heterocycles. The zero-order valence-corrected chi connectivity index (χ0v) is 7.23. The van der Waals surface area contributed by atoms with Gasteiger partial charge in [-0.15, -0.1) is 0 Å². The predicted octanol–water partition coefficient (Wildman–Crippen LogP) is 0.684. The second-order valence-corrected chi connectivity index (χ2v) is 1.79. The van der Waals surface area contributed by atoms with Crippen LogP contribution in [0.25, 0.3) is 0 Å². The lowest BCUT2D eigenvalue weighted by Crippen LogP contribution is -2.05. The fourth-order valence-electron chi connectivity index (χ4n) is 0.391. The van der Waals surface area contributed by atoms with E-state index in [1.165, 1.54) is 0 Å². The number of hydrogen-bond acceptors (Lipinski definition) is 5. The molecule has 0 aliphatic carbocycles. The Morgan fingerprint density at radius 1 is 1.36 bits per heavy atom. The Morgan fingerprint density at radius 3 is 2.82 bits per heavy atom. The molecule has 0 rings (SSSR count). The molecule has 0 aromatic carbocycles. The topological polar surface area (TPSA) is 40.0 Å². The van der Waals surface area contributed by atoms with Crippen LogP contribution in [0.3, 0.4) is 0 Å². The maximum Gasteiger partial charge on any atom is 0.149 e. The van der Waals surface area contributed by atoms with Crippen LogP contribution < -0.4 is 0 Å². The normalized spacial score (nSPS) is 9.18. The van der Waals surface area contributed by atoms with Crippen LogP contribution in [0, 0.1) is 0 Å². The maximum atomic E-state index is 4.96. The van der Waals surface area contributed by atoms with Crippen LogP contribution in [0.5, 0.6) is 0 Å². The zero-order chi connectivity index (χ0) is 8.36. The number of isothiocyanates is 1. The summed E-state index contributed by atoms with van der Waals surface area (Å²) >= 11 is 4.35. The van der Waals surface area contributed by atoms with E-state index in [1.807, 2.05) is 0 Å². The number of ether oxygens (including phenoxy) is 3. The molecule has 11 heavy (non-hydrogen) atoms. The van der Waals surface area contributed by atoms with E-state index in [9.17, 15) is 0 Å². The summed E-state index contributed by atoms with van der Waals surface area (Å²) in [5.41, 5.74) is 0. The van der Waals surface area contributed by atoms with Crippen molar-refractivity contribution in [2.45, 2.75) is 0 Å². The van der Waals surface area contributed by atoms with E-state index >= 15 is 0 Å². The highest BCUT2D eigenvalue weighted by Gasteiger charge is 1.85. The molecule has 0 atom stereocenters. The average molecular weight is 177 g/mol. The number of thiocarbonyl (C=S) groups is 1. The third kappa shape index (κ3) is 9.68. The van der Waals surface area contributed by atoms with Crippen LogP contribution >= 0.6 is 12.2 Å². The Balaban J connectivity index is 2.84. The Bertz CT molecular complexity index is 125. The molecule has 0 amide bonds.